The number of hydrogen-bond donors (Lipinski definition) is 1. The molecule has 0 saturated heterocycles. The van der Waals surface area contributed by atoms with E-state index in [4.69, 9.17) is 17.3 Å². The lowest BCUT2D eigenvalue weighted by Crippen LogP contribution is -2.16. The molecule has 0 aliphatic rings. The number of nitrogens with two attached hydrogens (primary N) is 1. The maximum absolute atomic E-state index is 12.7. The van der Waals surface area contributed by atoms with Crippen molar-refractivity contribution in [2.45, 2.75) is 25.1 Å². The molecule has 0 radical (unpaired) electrons. The molecule has 1 nitrogen and oxygen atoms in total. The third kappa shape index (κ3) is 3.98. The lowest BCUT2D eigenvalue weighted by molar-refractivity contribution is -0.136. The van der Waals surface area contributed by atoms with Crippen LogP contribution in [-0.2, 0) is 0 Å². The van der Waals surface area contributed by atoms with E-state index in [9.17, 15) is 17.6 Å². The molecule has 0 saturated carbocycles. The fourth-order valence-electron chi connectivity index (χ4n) is 1.28. The summed E-state index contributed by atoms with van der Waals surface area (Å²) in [6.07, 6.45) is -5.50. The van der Waals surface area contributed by atoms with Gasteiger partial charge in [0.1, 0.15) is 5.82 Å². The quantitative estimate of drug-likeness (QED) is 0.817. The molecule has 0 fully saturated rings. The highest BCUT2D eigenvalue weighted by Gasteiger charge is 2.28. The standard InChI is InChI=1S/C10H10ClF4N/c11-8-5-6(12)1-2-7(8)9(16)3-4-10(13,14)15/h1-2,5,9H,3-4,16H2/t9-/m1/s1. The fourth-order valence-corrected chi connectivity index (χ4v) is 1.58. The van der Waals surface area contributed by atoms with Crippen molar-refractivity contribution in [1.29, 1.82) is 0 Å². The lowest BCUT2D eigenvalue weighted by Gasteiger charge is -2.14. The van der Waals surface area contributed by atoms with Gasteiger partial charge in [0, 0.05) is 17.5 Å². The zero-order chi connectivity index (χ0) is 12.3. The monoisotopic (exact) mass is 255 g/mol. The van der Waals surface area contributed by atoms with E-state index < -0.39 is 24.5 Å². The van der Waals surface area contributed by atoms with E-state index in [0.717, 1.165) is 12.1 Å². The normalized spacial score (nSPS) is 13.9. The van der Waals surface area contributed by atoms with Crippen LogP contribution in [0.5, 0.6) is 0 Å². The third-order valence-corrected chi connectivity index (χ3v) is 2.43. The summed E-state index contributed by atoms with van der Waals surface area (Å²) in [6, 6.07) is 2.62. The maximum Gasteiger partial charge on any atom is 0.389 e. The number of alkyl halides is 3. The zero-order valence-corrected chi connectivity index (χ0v) is 8.95. The Hall–Kier alpha value is -0.810. The average molecular weight is 256 g/mol. The van der Waals surface area contributed by atoms with Gasteiger partial charge in [-0.1, -0.05) is 17.7 Å². The number of rotatable bonds is 3. The van der Waals surface area contributed by atoms with Crippen molar-refractivity contribution in [3.63, 3.8) is 0 Å². The second kappa shape index (κ2) is 5.01. The van der Waals surface area contributed by atoms with Crippen molar-refractivity contribution in [1.82, 2.24) is 0 Å². The molecule has 6 heteroatoms. The number of hydrogen-bond acceptors (Lipinski definition) is 1. The second-order valence-corrected chi connectivity index (χ2v) is 3.83. The summed E-state index contributed by atoms with van der Waals surface area (Å²) in [5.74, 6) is -0.545. The van der Waals surface area contributed by atoms with Gasteiger partial charge in [0.05, 0.1) is 0 Å². The van der Waals surface area contributed by atoms with Crippen LogP contribution in [0.4, 0.5) is 17.6 Å². The minimum Gasteiger partial charge on any atom is -0.324 e. The molecule has 16 heavy (non-hydrogen) atoms. The van der Waals surface area contributed by atoms with Gasteiger partial charge < -0.3 is 5.73 Å². The van der Waals surface area contributed by atoms with Gasteiger partial charge in [-0.3, -0.25) is 0 Å². The van der Waals surface area contributed by atoms with Crippen molar-refractivity contribution in [2.75, 3.05) is 0 Å². The van der Waals surface area contributed by atoms with E-state index in [1.165, 1.54) is 6.07 Å². The Morgan fingerprint density at radius 1 is 1.31 bits per heavy atom. The molecule has 0 aliphatic heterocycles. The molecule has 1 atom stereocenters. The Kier molecular flexibility index (Phi) is 4.15. The second-order valence-electron chi connectivity index (χ2n) is 3.43. The first-order valence-corrected chi connectivity index (χ1v) is 4.94. The van der Waals surface area contributed by atoms with Gasteiger partial charge in [0.2, 0.25) is 0 Å². The summed E-state index contributed by atoms with van der Waals surface area (Å²) in [5, 5.41) is 0.0506. The first-order chi connectivity index (χ1) is 7.29. The maximum atomic E-state index is 12.7. The van der Waals surface area contributed by atoms with Crippen molar-refractivity contribution in [3.8, 4) is 0 Å². The lowest BCUT2D eigenvalue weighted by atomic mass is 10.0. The van der Waals surface area contributed by atoms with Crippen molar-refractivity contribution < 1.29 is 17.6 Å². The summed E-state index contributed by atoms with van der Waals surface area (Å²) in [7, 11) is 0. The molecule has 0 aromatic heterocycles. The van der Waals surface area contributed by atoms with Gasteiger partial charge in [0.15, 0.2) is 0 Å². The predicted molar refractivity (Wildman–Crippen MR) is 53.6 cm³/mol. The molecule has 0 bridgehead atoms. The molecule has 0 unspecified atom stereocenters. The fraction of sp³-hybridized carbons (Fsp3) is 0.400. The molecule has 0 amide bonds. The molecule has 90 valence electrons. The summed E-state index contributed by atoms with van der Waals surface area (Å²) < 4.78 is 48.5. The number of benzene rings is 1. The van der Waals surface area contributed by atoms with E-state index in [1.807, 2.05) is 0 Å². The largest absolute Gasteiger partial charge is 0.389 e. The molecule has 1 rings (SSSR count). The van der Waals surface area contributed by atoms with E-state index in [2.05, 4.69) is 0 Å². The van der Waals surface area contributed by atoms with Gasteiger partial charge in [-0.25, -0.2) is 4.39 Å². The number of halogens is 5. The van der Waals surface area contributed by atoms with Crippen LogP contribution in [0, 0.1) is 5.82 Å². The Bertz CT molecular complexity index is 364. The zero-order valence-electron chi connectivity index (χ0n) is 8.19. The van der Waals surface area contributed by atoms with Crippen LogP contribution in [0.3, 0.4) is 0 Å². The Labute approximate surface area is 95.2 Å². The Balaban J connectivity index is 2.70. The van der Waals surface area contributed by atoms with Crippen LogP contribution in [0.25, 0.3) is 0 Å². The third-order valence-electron chi connectivity index (χ3n) is 2.10. The van der Waals surface area contributed by atoms with Crippen LogP contribution in [0.2, 0.25) is 5.02 Å². The molecular formula is C10H10ClF4N. The summed E-state index contributed by atoms with van der Waals surface area (Å²) in [4.78, 5) is 0. The van der Waals surface area contributed by atoms with Crippen molar-refractivity contribution in [3.05, 3.63) is 34.6 Å². The molecular weight excluding hydrogens is 246 g/mol. The molecule has 0 aliphatic carbocycles. The first-order valence-electron chi connectivity index (χ1n) is 4.57. The SMILES string of the molecule is N[C@H](CCC(F)(F)F)c1ccc(F)cc1Cl. The van der Waals surface area contributed by atoms with Gasteiger partial charge in [-0.15, -0.1) is 0 Å². The van der Waals surface area contributed by atoms with E-state index in [1.54, 1.807) is 0 Å². The van der Waals surface area contributed by atoms with Gasteiger partial charge in [-0.05, 0) is 24.1 Å². The van der Waals surface area contributed by atoms with E-state index in [-0.39, 0.29) is 11.4 Å². The predicted octanol–water partition coefficient (Wildman–Crippen LogP) is 3.82. The van der Waals surface area contributed by atoms with Crippen LogP contribution in [0.15, 0.2) is 18.2 Å². The summed E-state index contributed by atoms with van der Waals surface area (Å²) in [6.45, 7) is 0. The minimum atomic E-state index is -4.25. The van der Waals surface area contributed by atoms with Crippen LogP contribution < -0.4 is 5.73 Å². The smallest absolute Gasteiger partial charge is 0.324 e. The van der Waals surface area contributed by atoms with E-state index >= 15 is 0 Å². The van der Waals surface area contributed by atoms with Gasteiger partial charge >= 0.3 is 6.18 Å². The van der Waals surface area contributed by atoms with Crippen molar-refractivity contribution in [2.24, 2.45) is 5.73 Å². The molecule has 1 aromatic carbocycles. The Morgan fingerprint density at radius 2 is 1.94 bits per heavy atom. The summed E-state index contributed by atoms with van der Waals surface area (Å²) in [5.41, 5.74) is 5.87. The van der Waals surface area contributed by atoms with Crippen molar-refractivity contribution >= 4 is 11.6 Å². The average Bonchev–Trinajstić information content (AvgIpc) is 2.13. The highest BCUT2D eigenvalue weighted by Crippen LogP contribution is 2.29. The molecule has 0 spiro atoms. The summed E-state index contributed by atoms with van der Waals surface area (Å²) >= 11 is 5.67. The minimum absolute atomic E-state index is 0.0506. The highest BCUT2D eigenvalue weighted by molar-refractivity contribution is 6.31. The van der Waals surface area contributed by atoms with Gasteiger partial charge in [-0.2, -0.15) is 13.2 Å². The molecule has 0 heterocycles. The van der Waals surface area contributed by atoms with Crippen LogP contribution in [-0.4, -0.2) is 6.18 Å². The highest BCUT2D eigenvalue weighted by atomic mass is 35.5. The van der Waals surface area contributed by atoms with Crippen LogP contribution >= 0.6 is 11.6 Å². The first kappa shape index (κ1) is 13.3. The Morgan fingerprint density at radius 3 is 2.44 bits per heavy atom. The molecule has 2 N–H and O–H groups in total. The topological polar surface area (TPSA) is 26.0 Å². The molecule has 1 aromatic rings. The van der Waals surface area contributed by atoms with E-state index in [0.29, 0.717) is 5.56 Å². The van der Waals surface area contributed by atoms with Gasteiger partial charge in [0.25, 0.3) is 0 Å². The van der Waals surface area contributed by atoms with Crippen LogP contribution in [0.1, 0.15) is 24.4 Å².